The van der Waals surface area contributed by atoms with Gasteiger partial charge in [0.05, 0.1) is 0 Å². The van der Waals surface area contributed by atoms with Crippen LogP contribution >= 0.6 is 0 Å². The number of aryl methyl sites for hydroxylation is 3. The van der Waals surface area contributed by atoms with Gasteiger partial charge in [0.2, 0.25) is 0 Å². The van der Waals surface area contributed by atoms with Gasteiger partial charge in [-0.15, -0.1) is 0 Å². The van der Waals surface area contributed by atoms with Gasteiger partial charge in [-0.25, -0.2) is 8.78 Å². The van der Waals surface area contributed by atoms with Crippen LogP contribution in [-0.2, 0) is 19.3 Å². The van der Waals surface area contributed by atoms with E-state index in [1.165, 1.54) is 24.0 Å². The molecule has 194 valence electrons. The van der Waals surface area contributed by atoms with E-state index in [4.69, 9.17) is 0 Å². The van der Waals surface area contributed by atoms with Crippen LogP contribution in [0.1, 0.15) is 85.4 Å². The molecule has 0 aromatic heterocycles. The molecule has 38 heavy (non-hydrogen) atoms. The Bertz CT molecular complexity index is 1480. The average Bonchev–Trinajstić information content (AvgIpc) is 2.97. The van der Waals surface area contributed by atoms with E-state index in [0.717, 1.165) is 59.6 Å². The molecule has 0 nitrogen and oxygen atoms in total. The summed E-state index contributed by atoms with van der Waals surface area (Å²) in [5.41, 5.74) is 6.24. The van der Waals surface area contributed by atoms with Crippen LogP contribution < -0.4 is 0 Å². The smallest absolute Gasteiger partial charge is 0.166 e. The maximum Gasteiger partial charge on any atom is 0.166 e. The van der Waals surface area contributed by atoms with E-state index in [0.29, 0.717) is 0 Å². The Hall–Kier alpha value is -3.70. The highest BCUT2D eigenvalue weighted by atomic mass is 19.2. The SMILES string of the molecule is CCCCc1ccc(/C(F)=C(\F)c2ccc3cc(C#Cc4ccc(CCCC)cc4CC)ccc3c2)cc1. The maximum atomic E-state index is 15.1. The standard InChI is InChI=1S/C36H36F2/c1-4-7-9-26-11-18-31(19-12-26)35(37)36(38)34-22-21-32-24-28(15-20-33(32)25-34)14-17-30-16-13-27(10-8-5-2)23-29(30)6-3/h11-13,15-16,18-25H,4-10H2,1-3H3/b36-35+. The van der Waals surface area contributed by atoms with Crippen molar-refractivity contribution in [1.82, 2.24) is 0 Å². The van der Waals surface area contributed by atoms with Crippen LogP contribution in [0.5, 0.6) is 0 Å². The number of rotatable bonds is 9. The van der Waals surface area contributed by atoms with Gasteiger partial charge in [-0.2, -0.15) is 0 Å². The van der Waals surface area contributed by atoms with Crippen LogP contribution in [0.4, 0.5) is 8.78 Å². The Kier molecular flexibility index (Phi) is 9.50. The molecule has 0 aliphatic rings. The molecular formula is C36H36F2. The van der Waals surface area contributed by atoms with Crippen LogP contribution in [-0.4, -0.2) is 0 Å². The van der Waals surface area contributed by atoms with Gasteiger partial charge in [-0.05, 0) is 83.8 Å². The first kappa shape index (κ1) is 27.3. The number of unbranched alkanes of at least 4 members (excludes halogenated alkanes) is 2. The lowest BCUT2D eigenvalue weighted by molar-refractivity contribution is 0.700. The quantitative estimate of drug-likeness (QED) is 0.156. The first-order valence-corrected chi connectivity index (χ1v) is 13.8. The summed E-state index contributed by atoms with van der Waals surface area (Å²) in [7, 11) is 0. The zero-order chi connectivity index (χ0) is 26.9. The van der Waals surface area contributed by atoms with E-state index in [9.17, 15) is 4.39 Å². The third-order valence-electron chi connectivity index (χ3n) is 7.02. The Labute approximate surface area is 226 Å². The van der Waals surface area contributed by atoms with E-state index in [2.05, 4.69) is 50.8 Å². The van der Waals surface area contributed by atoms with Gasteiger partial charge < -0.3 is 0 Å². The first-order valence-electron chi connectivity index (χ1n) is 13.8. The van der Waals surface area contributed by atoms with Gasteiger partial charge in [0.15, 0.2) is 11.7 Å². The number of hydrogen-bond donors (Lipinski definition) is 0. The largest absolute Gasteiger partial charge is 0.203 e. The highest BCUT2D eigenvalue weighted by Crippen LogP contribution is 2.31. The van der Waals surface area contributed by atoms with Crippen LogP contribution in [0.2, 0.25) is 0 Å². The number of fused-ring (bicyclic) bond motifs is 1. The summed E-state index contributed by atoms with van der Waals surface area (Å²) in [6, 6.07) is 24.7. The van der Waals surface area contributed by atoms with Crippen molar-refractivity contribution in [3.8, 4) is 11.8 Å². The van der Waals surface area contributed by atoms with Crippen molar-refractivity contribution in [2.75, 3.05) is 0 Å². The molecule has 4 aromatic carbocycles. The fourth-order valence-corrected chi connectivity index (χ4v) is 4.65. The summed E-state index contributed by atoms with van der Waals surface area (Å²) in [6.07, 6.45) is 7.59. The Morgan fingerprint density at radius 2 is 1.21 bits per heavy atom. The molecule has 0 unspecified atom stereocenters. The molecule has 2 heteroatoms. The molecule has 0 radical (unpaired) electrons. The summed E-state index contributed by atoms with van der Waals surface area (Å²) >= 11 is 0. The van der Waals surface area contributed by atoms with Crippen molar-refractivity contribution in [2.24, 2.45) is 0 Å². The Morgan fingerprint density at radius 3 is 1.92 bits per heavy atom. The van der Waals surface area contributed by atoms with E-state index in [1.54, 1.807) is 24.3 Å². The van der Waals surface area contributed by atoms with Gasteiger partial charge in [-0.3, -0.25) is 0 Å². The predicted octanol–water partition coefficient (Wildman–Crippen LogP) is 10.3. The zero-order valence-electron chi connectivity index (χ0n) is 22.7. The van der Waals surface area contributed by atoms with Gasteiger partial charge in [0.1, 0.15) is 0 Å². The minimum Gasteiger partial charge on any atom is -0.203 e. The molecule has 0 fully saturated rings. The molecule has 4 aromatic rings. The van der Waals surface area contributed by atoms with E-state index < -0.39 is 11.7 Å². The van der Waals surface area contributed by atoms with E-state index >= 15 is 4.39 Å². The molecule has 0 aliphatic heterocycles. The topological polar surface area (TPSA) is 0 Å². The predicted molar refractivity (Wildman–Crippen MR) is 158 cm³/mol. The zero-order valence-corrected chi connectivity index (χ0v) is 22.7. The summed E-state index contributed by atoms with van der Waals surface area (Å²) in [6.45, 7) is 6.52. The minimum atomic E-state index is -0.841. The van der Waals surface area contributed by atoms with Crippen molar-refractivity contribution < 1.29 is 8.78 Å². The minimum absolute atomic E-state index is 0.236. The van der Waals surface area contributed by atoms with Crippen molar-refractivity contribution >= 4 is 22.4 Å². The lowest BCUT2D eigenvalue weighted by Crippen LogP contribution is -1.92. The van der Waals surface area contributed by atoms with E-state index in [1.807, 2.05) is 36.4 Å². The van der Waals surface area contributed by atoms with Crippen LogP contribution in [0, 0.1) is 11.8 Å². The molecule has 0 bridgehead atoms. The second kappa shape index (κ2) is 13.2. The molecule has 0 saturated carbocycles. The average molecular weight is 507 g/mol. The lowest BCUT2D eigenvalue weighted by atomic mass is 9.98. The van der Waals surface area contributed by atoms with Crippen molar-refractivity contribution in [1.29, 1.82) is 0 Å². The number of hydrogen-bond acceptors (Lipinski definition) is 0. The lowest BCUT2D eigenvalue weighted by Gasteiger charge is -2.07. The Morgan fingerprint density at radius 1 is 0.605 bits per heavy atom. The molecule has 0 N–H and O–H groups in total. The third kappa shape index (κ3) is 6.78. The number of halogens is 2. The van der Waals surface area contributed by atoms with Crippen molar-refractivity contribution in [3.05, 3.63) is 118 Å². The summed E-state index contributed by atoms with van der Waals surface area (Å²) in [5, 5.41) is 1.79. The molecular weight excluding hydrogens is 470 g/mol. The van der Waals surface area contributed by atoms with Crippen LogP contribution in [0.25, 0.3) is 22.4 Å². The molecule has 0 amide bonds. The maximum absolute atomic E-state index is 15.1. The van der Waals surface area contributed by atoms with Crippen LogP contribution in [0.15, 0.2) is 78.9 Å². The molecule has 0 saturated heterocycles. The molecule has 0 spiro atoms. The summed E-state index contributed by atoms with van der Waals surface area (Å²) in [4.78, 5) is 0. The van der Waals surface area contributed by atoms with Gasteiger partial charge in [0, 0.05) is 22.3 Å². The van der Waals surface area contributed by atoms with Crippen LogP contribution in [0.3, 0.4) is 0 Å². The first-order chi connectivity index (χ1) is 18.5. The normalized spacial score (nSPS) is 11.7. The van der Waals surface area contributed by atoms with Crippen molar-refractivity contribution in [3.63, 3.8) is 0 Å². The van der Waals surface area contributed by atoms with Crippen molar-refractivity contribution in [2.45, 2.75) is 65.7 Å². The third-order valence-corrected chi connectivity index (χ3v) is 7.02. The second-order valence-electron chi connectivity index (χ2n) is 9.90. The summed E-state index contributed by atoms with van der Waals surface area (Å²) in [5.74, 6) is 4.96. The summed E-state index contributed by atoms with van der Waals surface area (Å²) < 4.78 is 30.0. The molecule has 0 heterocycles. The highest BCUT2D eigenvalue weighted by molar-refractivity contribution is 5.90. The highest BCUT2D eigenvalue weighted by Gasteiger charge is 2.12. The fraction of sp³-hybridized carbons (Fsp3) is 0.278. The van der Waals surface area contributed by atoms with Gasteiger partial charge >= 0.3 is 0 Å². The molecule has 4 rings (SSSR count). The number of benzene rings is 4. The monoisotopic (exact) mass is 506 g/mol. The second-order valence-corrected chi connectivity index (χ2v) is 9.90. The van der Waals surface area contributed by atoms with Gasteiger partial charge in [0.25, 0.3) is 0 Å². The van der Waals surface area contributed by atoms with Gasteiger partial charge in [-0.1, -0.05) is 100 Å². The molecule has 0 aliphatic carbocycles. The fourth-order valence-electron chi connectivity index (χ4n) is 4.65. The van der Waals surface area contributed by atoms with E-state index in [-0.39, 0.29) is 11.1 Å². The Balaban J connectivity index is 1.55. The molecule has 0 atom stereocenters.